The van der Waals surface area contributed by atoms with Crippen molar-refractivity contribution in [2.45, 2.75) is 110 Å². The fourth-order valence-corrected chi connectivity index (χ4v) is 3.66. The lowest BCUT2D eigenvalue weighted by atomic mass is 10.1. The average Bonchev–Trinajstić information content (AvgIpc) is 2.84. The summed E-state index contributed by atoms with van der Waals surface area (Å²) in [5, 5.41) is 3.01. The Kier molecular flexibility index (Phi) is 18.1. The molecule has 0 saturated heterocycles. The number of carbonyl (C=O) groups excluding carboxylic acids is 1. The van der Waals surface area contributed by atoms with E-state index in [4.69, 9.17) is 9.47 Å². The number of nitrogens with one attached hydrogen (secondary N) is 1. The maximum Gasteiger partial charge on any atom is 0.220 e. The second-order valence-electron chi connectivity index (χ2n) is 8.77. The van der Waals surface area contributed by atoms with E-state index in [0.717, 1.165) is 50.0 Å². The second-order valence-corrected chi connectivity index (χ2v) is 8.77. The third-order valence-electron chi connectivity index (χ3n) is 5.69. The van der Waals surface area contributed by atoms with Gasteiger partial charge in [0, 0.05) is 19.5 Å². The Labute approximate surface area is 202 Å². The van der Waals surface area contributed by atoms with Crippen molar-refractivity contribution in [3.8, 4) is 11.5 Å². The minimum atomic E-state index is 0.111. The molecule has 0 bridgehead atoms. The highest BCUT2D eigenvalue weighted by Gasteiger charge is 2.07. The van der Waals surface area contributed by atoms with Crippen molar-refractivity contribution in [3.63, 3.8) is 0 Å². The minimum absolute atomic E-state index is 0.111. The van der Waals surface area contributed by atoms with E-state index in [1.807, 2.05) is 18.2 Å². The van der Waals surface area contributed by atoms with Gasteiger partial charge in [-0.05, 0) is 56.0 Å². The molecule has 0 spiro atoms. The highest BCUT2D eigenvalue weighted by Crippen LogP contribution is 2.28. The third kappa shape index (κ3) is 15.4. The summed E-state index contributed by atoms with van der Waals surface area (Å²) in [6.07, 6.45) is 18.4. The number of hydrogen-bond donors (Lipinski definition) is 1. The predicted molar refractivity (Wildman–Crippen MR) is 140 cm³/mol. The van der Waals surface area contributed by atoms with Crippen molar-refractivity contribution in [3.05, 3.63) is 23.8 Å². The first-order valence-corrected chi connectivity index (χ1v) is 13.3. The van der Waals surface area contributed by atoms with E-state index in [1.165, 1.54) is 51.4 Å². The lowest BCUT2D eigenvalue weighted by Gasteiger charge is -2.12. The van der Waals surface area contributed by atoms with E-state index in [2.05, 4.69) is 30.4 Å². The molecule has 188 valence electrons. The zero-order chi connectivity index (χ0) is 24.0. The summed E-state index contributed by atoms with van der Waals surface area (Å²) in [4.78, 5) is 16.7. The van der Waals surface area contributed by atoms with Gasteiger partial charge in [-0.25, -0.2) is 0 Å². The monoisotopic (exact) mass is 460 g/mol. The standard InChI is InChI=1S/C28H48N2O3/c1-4-6-7-8-9-12-15-20-29-21-16-13-10-11-14-17-28(31)30-24-25-18-19-26(33-22-5-2)27(23-25)32-3/h18-20,23H,4-17,21-22,24H2,1-3H3,(H,30,31)/b29-20-. The van der Waals surface area contributed by atoms with E-state index in [-0.39, 0.29) is 5.91 Å². The van der Waals surface area contributed by atoms with Crippen molar-refractivity contribution in [1.82, 2.24) is 5.32 Å². The summed E-state index contributed by atoms with van der Waals surface area (Å²) in [6.45, 7) is 6.46. The molecule has 0 aliphatic heterocycles. The molecule has 1 aromatic rings. The van der Waals surface area contributed by atoms with Gasteiger partial charge >= 0.3 is 0 Å². The normalized spacial score (nSPS) is 11.1. The molecule has 0 aliphatic carbocycles. The summed E-state index contributed by atoms with van der Waals surface area (Å²) in [5.74, 6) is 1.57. The van der Waals surface area contributed by atoms with Crippen LogP contribution < -0.4 is 14.8 Å². The van der Waals surface area contributed by atoms with Crippen LogP contribution in [0.1, 0.15) is 109 Å². The number of aliphatic imine (C=N–C) groups is 1. The molecule has 0 heterocycles. The summed E-state index contributed by atoms with van der Waals surface area (Å²) in [6, 6.07) is 5.82. The number of nitrogens with zero attached hydrogens (tertiary/aromatic N) is 1. The number of rotatable bonds is 21. The number of ether oxygens (including phenoxy) is 2. The van der Waals surface area contributed by atoms with Crippen molar-refractivity contribution >= 4 is 12.1 Å². The number of hydrogen-bond acceptors (Lipinski definition) is 4. The fraction of sp³-hybridized carbons (Fsp3) is 0.714. The van der Waals surface area contributed by atoms with Crippen LogP contribution in [0.25, 0.3) is 0 Å². The summed E-state index contributed by atoms with van der Waals surface area (Å²) < 4.78 is 11.1. The van der Waals surface area contributed by atoms with Crippen LogP contribution >= 0.6 is 0 Å². The van der Waals surface area contributed by atoms with Crippen LogP contribution in [0.3, 0.4) is 0 Å². The summed E-state index contributed by atoms with van der Waals surface area (Å²) in [5.41, 5.74) is 1.01. The van der Waals surface area contributed by atoms with Gasteiger partial charge in [0.2, 0.25) is 5.91 Å². The molecule has 0 unspecified atom stereocenters. The number of carbonyl (C=O) groups is 1. The minimum Gasteiger partial charge on any atom is -0.493 e. The lowest BCUT2D eigenvalue weighted by molar-refractivity contribution is -0.121. The summed E-state index contributed by atoms with van der Waals surface area (Å²) in [7, 11) is 1.64. The lowest BCUT2D eigenvalue weighted by Crippen LogP contribution is -2.22. The molecular weight excluding hydrogens is 412 g/mol. The Morgan fingerprint density at radius 1 is 0.909 bits per heavy atom. The van der Waals surface area contributed by atoms with Crippen molar-refractivity contribution < 1.29 is 14.3 Å². The quantitative estimate of drug-likeness (QED) is 0.155. The van der Waals surface area contributed by atoms with Gasteiger partial charge in [-0.15, -0.1) is 0 Å². The molecular formula is C28H48N2O3. The third-order valence-corrected chi connectivity index (χ3v) is 5.69. The topological polar surface area (TPSA) is 59.9 Å². The Hall–Kier alpha value is -2.04. The van der Waals surface area contributed by atoms with Gasteiger partial charge in [0.05, 0.1) is 13.7 Å². The average molecular weight is 461 g/mol. The Morgan fingerprint density at radius 3 is 2.39 bits per heavy atom. The first-order chi connectivity index (χ1) is 16.2. The predicted octanol–water partition coefficient (Wildman–Crippen LogP) is 7.26. The molecule has 5 heteroatoms. The Bertz CT molecular complexity index is 646. The van der Waals surface area contributed by atoms with Crippen LogP contribution in [0.15, 0.2) is 23.2 Å². The van der Waals surface area contributed by atoms with Crippen LogP contribution in [0.4, 0.5) is 0 Å². The zero-order valence-corrected chi connectivity index (χ0v) is 21.5. The van der Waals surface area contributed by atoms with E-state index in [0.29, 0.717) is 25.3 Å². The molecule has 0 atom stereocenters. The number of methoxy groups -OCH3 is 1. The molecule has 1 aromatic carbocycles. The maximum atomic E-state index is 12.1. The van der Waals surface area contributed by atoms with Gasteiger partial charge in [0.1, 0.15) is 0 Å². The van der Waals surface area contributed by atoms with Crippen molar-refractivity contribution in [2.24, 2.45) is 4.99 Å². The SMILES string of the molecule is CCCCCCCC/C=N\CCCCCCCC(=O)NCc1ccc(OCCC)c(OC)c1. The number of benzene rings is 1. The molecule has 0 saturated carbocycles. The highest BCUT2D eigenvalue weighted by molar-refractivity contribution is 5.75. The zero-order valence-electron chi connectivity index (χ0n) is 21.5. The Balaban J connectivity index is 2.01. The molecule has 33 heavy (non-hydrogen) atoms. The van der Waals surface area contributed by atoms with Crippen LogP contribution in [0, 0.1) is 0 Å². The van der Waals surface area contributed by atoms with Gasteiger partial charge in [0.15, 0.2) is 11.5 Å². The van der Waals surface area contributed by atoms with Crippen LogP contribution in [-0.2, 0) is 11.3 Å². The van der Waals surface area contributed by atoms with Crippen molar-refractivity contribution in [2.75, 3.05) is 20.3 Å². The molecule has 1 amide bonds. The molecule has 0 radical (unpaired) electrons. The fourth-order valence-electron chi connectivity index (χ4n) is 3.66. The number of unbranched alkanes of at least 4 members (excludes halogenated alkanes) is 10. The van der Waals surface area contributed by atoms with Gasteiger partial charge < -0.3 is 14.8 Å². The molecule has 1 rings (SSSR count). The van der Waals surface area contributed by atoms with E-state index < -0.39 is 0 Å². The summed E-state index contributed by atoms with van der Waals surface area (Å²) >= 11 is 0. The van der Waals surface area contributed by atoms with Crippen LogP contribution in [-0.4, -0.2) is 32.4 Å². The molecule has 0 aromatic heterocycles. The first kappa shape index (κ1) is 29.0. The van der Waals surface area contributed by atoms with Gasteiger partial charge in [-0.1, -0.05) is 71.3 Å². The molecule has 0 aliphatic rings. The highest BCUT2D eigenvalue weighted by atomic mass is 16.5. The smallest absolute Gasteiger partial charge is 0.220 e. The maximum absolute atomic E-state index is 12.1. The first-order valence-electron chi connectivity index (χ1n) is 13.3. The van der Waals surface area contributed by atoms with E-state index in [9.17, 15) is 4.79 Å². The van der Waals surface area contributed by atoms with Gasteiger partial charge in [0.25, 0.3) is 0 Å². The Morgan fingerprint density at radius 2 is 1.64 bits per heavy atom. The number of amides is 1. The van der Waals surface area contributed by atoms with E-state index >= 15 is 0 Å². The van der Waals surface area contributed by atoms with Crippen LogP contribution in [0.2, 0.25) is 0 Å². The molecule has 0 fully saturated rings. The van der Waals surface area contributed by atoms with Crippen molar-refractivity contribution in [1.29, 1.82) is 0 Å². The second kappa shape index (κ2) is 20.6. The van der Waals surface area contributed by atoms with E-state index in [1.54, 1.807) is 7.11 Å². The van der Waals surface area contributed by atoms with Gasteiger partial charge in [-0.2, -0.15) is 0 Å². The largest absolute Gasteiger partial charge is 0.493 e. The van der Waals surface area contributed by atoms with Crippen LogP contribution in [0.5, 0.6) is 11.5 Å². The molecule has 1 N–H and O–H groups in total. The molecule has 5 nitrogen and oxygen atoms in total. The van der Waals surface area contributed by atoms with Gasteiger partial charge in [-0.3, -0.25) is 9.79 Å².